The third-order valence-corrected chi connectivity index (χ3v) is 3.45. The van der Waals surface area contributed by atoms with Crippen molar-refractivity contribution in [2.24, 2.45) is 0 Å². The van der Waals surface area contributed by atoms with Gasteiger partial charge in [-0.3, -0.25) is 4.79 Å². The first-order valence-electron chi connectivity index (χ1n) is 6.11. The van der Waals surface area contributed by atoms with Crippen molar-refractivity contribution < 1.29 is 9.21 Å². The third-order valence-electron chi connectivity index (χ3n) is 2.79. The fourth-order valence-electron chi connectivity index (χ4n) is 1.70. The summed E-state index contributed by atoms with van der Waals surface area (Å²) in [6.45, 7) is 1.91. The quantitative estimate of drug-likeness (QED) is 0.646. The van der Waals surface area contributed by atoms with E-state index in [0.29, 0.717) is 0 Å². The zero-order valence-corrected chi connectivity index (χ0v) is 13.3. The number of carbonyl (C=O) groups is 1. The SMILES string of the molecule is Cc1ccccc1N[C@H](NC(=O)c1ccco1)C(Cl)(Cl)Cl. The second kappa shape index (κ2) is 6.60. The number of halogens is 3. The van der Waals surface area contributed by atoms with Gasteiger partial charge >= 0.3 is 0 Å². The molecule has 1 atom stereocenters. The van der Waals surface area contributed by atoms with Crippen LogP contribution in [0.5, 0.6) is 0 Å². The fraction of sp³-hybridized carbons (Fsp3) is 0.214. The maximum atomic E-state index is 12.0. The molecule has 1 amide bonds. The van der Waals surface area contributed by atoms with E-state index in [-0.39, 0.29) is 5.76 Å². The number of anilines is 1. The van der Waals surface area contributed by atoms with E-state index in [1.54, 1.807) is 6.07 Å². The lowest BCUT2D eigenvalue weighted by atomic mass is 10.2. The highest BCUT2D eigenvalue weighted by atomic mass is 35.6. The van der Waals surface area contributed by atoms with Gasteiger partial charge in [-0.15, -0.1) is 0 Å². The topological polar surface area (TPSA) is 54.3 Å². The van der Waals surface area contributed by atoms with Crippen molar-refractivity contribution in [2.45, 2.75) is 16.9 Å². The third kappa shape index (κ3) is 4.30. The molecule has 0 saturated heterocycles. The highest BCUT2D eigenvalue weighted by Gasteiger charge is 2.34. The van der Waals surface area contributed by atoms with Gasteiger partial charge in [0.2, 0.25) is 3.79 Å². The van der Waals surface area contributed by atoms with Crippen LogP contribution in [0, 0.1) is 6.92 Å². The number of rotatable bonds is 4. The summed E-state index contributed by atoms with van der Waals surface area (Å²) in [6.07, 6.45) is 0.481. The van der Waals surface area contributed by atoms with Crippen LogP contribution in [0.15, 0.2) is 47.1 Å². The van der Waals surface area contributed by atoms with Gasteiger partial charge in [0.15, 0.2) is 5.76 Å². The predicted octanol–water partition coefficient (Wildman–Crippen LogP) is 4.13. The molecule has 0 aliphatic rings. The van der Waals surface area contributed by atoms with Crippen LogP contribution >= 0.6 is 34.8 Å². The minimum Gasteiger partial charge on any atom is -0.459 e. The van der Waals surface area contributed by atoms with Crippen molar-refractivity contribution in [3.05, 3.63) is 54.0 Å². The molecule has 0 unspecified atom stereocenters. The normalized spacial score (nSPS) is 12.8. The molecule has 0 radical (unpaired) electrons. The lowest BCUT2D eigenvalue weighted by Crippen LogP contribution is -2.49. The Bertz CT molecular complexity index is 609. The lowest BCUT2D eigenvalue weighted by molar-refractivity contribution is 0.0914. The van der Waals surface area contributed by atoms with Gasteiger partial charge < -0.3 is 15.1 Å². The molecule has 2 N–H and O–H groups in total. The van der Waals surface area contributed by atoms with Crippen molar-refractivity contribution in [3.63, 3.8) is 0 Å². The molecule has 112 valence electrons. The molecule has 0 fully saturated rings. The van der Waals surface area contributed by atoms with Crippen LogP contribution < -0.4 is 10.6 Å². The number of para-hydroxylation sites is 1. The second-order valence-electron chi connectivity index (χ2n) is 4.38. The zero-order valence-electron chi connectivity index (χ0n) is 11.1. The van der Waals surface area contributed by atoms with Crippen molar-refractivity contribution in [1.82, 2.24) is 5.32 Å². The van der Waals surface area contributed by atoms with Crippen LogP contribution in [0.3, 0.4) is 0 Å². The molecule has 21 heavy (non-hydrogen) atoms. The number of hydrogen-bond acceptors (Lipinski definition) is 3. The van der Waals surface area contributed by atoms with Crippen LogP contribution in [0.2, 0.25) is 0 Å². The number of alkyl halides is 3. The first-order chi connectivity index (χ1) is 9.88. The molecule has 0 spiro atoms. The molecule has 1 aromatic carbocycles. The van der Waals surface area contributed by atoms with Crippen molar-refractivity contribution in [1.29, 1.82) is 0 Å². The smallest absolute Gasteiger partial charge is 0.288 e. The van der Waals surface area contributed by atoms with E-state index in [9.17, 15) is 4.79 Å². The molecule has 4 nitrogen and oxygen atoms in total. The molecule has 0 aliphatic carbocycles. The predicted molar refractivity (Wildman–Crippen MR) is 85.1 cm³/mol. The lowest BCUT2D eigenvalue weighted by Gasteiger charge is -2.27. The highest BCUT2D eigenvalue weighted by Crippen LogP contribution is 2.31. The first-order valence-corrected chi connectivity index (χ1v) is 7.24. The average molecular weight is 348 g/mol. The Hall–Kier alpha value is -1.36. The van der Waals surface area contributed by atoms with Gasteiger partial charge in [-0.1, -0.05) is 53.0 Å². The summed E-state index contributed by atoms with van der Waals surface area (Å²) in [4.78, 5) is 12.0. The Morgan fingerprint density at radius 2 is 1.90 bits per heavy atom. The van der Waals surface area contributed by atoms with Gasteiger partial charge in [-0.25, -0.2) is 0 Å². The number of benzene rings is 1. The van der Waals surface area contributed by atoms with E-state index in [1.165, 1.54) is 12.3 Å². The maximum Gasteiger partial charge on any atom is 0.288 e. The van der Waals surface area contributed by atoms with Crippen molar-refractivity contribution in [3.8, 4) is 0 Å². The van der Waals surface area contributed by atoms with Crippen LogP contribution in [-0.4, -0.2) is 15.9 Å². The van der Waals surface area contributed by atoms with Gasteiger partial charge in [0.05, 0.1) is 6.26 Å². The molecule has 2 aromatic rings. The van der Waals surface area contributed by atoms with E-state index in [1.807, 2.05) is 31.2 Å². The standard InChI is InChI=1S/C14H13Cl3N2O2/c1-9-5-2-3-6-10(9)18-13(14(15,16)17)19-12(20)11-7-4-8-21-11/h2-8,13,18H,1H3,(H,19,20)/t13-/m1/s1. The molecule has 2 rings (SSSR count). The minimum absolute atomic E-state index is 0.140. The first kappa shape index (κ1) is 16.0. The van der Waals surface area contributed by atoms with Crippen molar-refractivity contribution >= 4 is 46.4 Å². The summed E-state index contributed by atoms with van der Waals surface area (Å²) >= 11 is 17.8. The van der Waals surface area contributed by atoms with Crippen LogP contribution in [0.25, 0.3) is 0 Å². The Balaban J connectivity index is 2.16. The fourth-order valence-corrected chi connectivity index (χ4v) is 2.03. The Morgan fingerprint density at radius 3 is 2.48 bits per heavy atom. The Morgan fingerprint density at radius 1 is 1.19 bits per heavy atom. The van der Waals surface area contributed by atoms with Crippen LogP contribution in [0.4, 0.5) is 5.69 Å². The number of furan rings is 1. The summed E-state index contributed by atoms with van der Waals surface area (Å²) in [6, 6.07) is 10.6. The van der Waals surface area contributed by atoms with E-state index in [4.69, 9.17) is 39.2 Å². The molecular weight excluding hydrogens is 335 g/mol. The van der Waals surface area contributed by atoms with Crippen LogP contribution in [-0.2, 0) is 0 Å². The van der Waals surface area contributed by atoms with Gasteiger partial charge in [0.1, 0.15) is 6.17 Å². The average Bonchev–Trinajstić information content (AvgIpc) is 2.93. The van der Waals surface area contributed by atoms with E-state index < -0.39 is 15.9 Å². The summed E-state index contributed by atoms with van der Waals surface area (Å²) in [5.41, 5.74) is 1.72. The molecule has 7 heteroatoms. The van der Waals surface area contributed by atoms with Gasteiger partial charge in [-0.05, 0) is 30.7 Å². The summed E-state index contributed by atoms with van der Waals surface area (Å²) in [7, 11) is 0. The van der Waals surface area contributed by atoms with E-state index in [0.717, 1.165) is 11.3 Å². The monoisotopic (exact) mass is 346 g/mol. The minimum atomic E-state index is -1.73. The highest BCUT2D eigenvalue weighted by molar-refractivity contribution is 6.68. The number of amides is 1. The summed E-state index contributed by atoms with van der Waals surface area (Å²) < 4.78 is 3.28. The van der Waals surface area contributed by atoms with Crippen molar-refractivity contribution in [2.75, 3.05) is 5.32 Å². The Kier molecular flexibility index (Phi) is 5.04. The number of nitrogens with one attached hydrogen (secondary N) is 2. The summed E-state index contributed by atoms with van der Waals surface area (Å²) in [5.74, 6) is -0.335. The van der Waals surface area contributed by atoms with Gasteiger partial charge in [0.25, 0.3) is 5.91 Å². The number of aryl methyl sites for hydroxylation is 1. The molecule has 0 saturated carbocycles. The van der Waals surface area contributed by atoms with Gasteiger partial charge in [0, 0.05) is 5.69 Å². The molecule has 0 aliphatic heterocycles. The van der Waals surface area contributed by atoms with E-state index >= 15 is 0 Å². The number of carbonyl (C=O) groups excluding carboxylic acids is 1. The maximum absolute atomic E-state index is 12.0. The van der Waals surface area contributed by atoms with E-state index in [2.05, 4.69) is 10.6 Å². The summed E-state index contributed by atoms with van der Waals surface area (Å²) in [5, 5.41) is 5.61. The van der Waals surface area contributed by atoms with Gasteiger partial charge in [-0.2, -0.15) is 0 Å². The molecular formula is C14H13Cl3N2O2. The molecule has 1 heterocycles. The van der Waals surface area contributed by atoms with Crippen LogP contribution in [0.1, 0.15) is 16.1 Å². The zero-order chi connectivity index (χ0) is 15.5. The number of hydrogen-bond donors (Lipinski definition) is 2. The second-order valence-corrected chi connectivity index (χ2v) is 6.75. The largest absolute Gasteiger partial charge is 0.459 e. The molecule has 0 bridgehead atoms. The Labute approximate surface area is 137 Å². The molecule has 1 aromatic heterocycles.